The molecule has 2 aromatic carbocycles. The lowest BCUT2D eigenvalue weighted by molar-refractivity contribution is 0.501. The fourth-order valence-electron chi connectivity index (χ4n) is 2.65. The Kier molecular flexibility index (Phi) is 5.91. The Morgan fingerprint density at radius 1 is 1.11 bits per heavy atom. The summed E-state index contributed by atoms with van der Waals surface area (Å²) in [6.45, 7) is 2.32. The van der Waals surface area contributed by atoms with E-state index in [1.54, 1.807) is 0 Å². The molecule has 0 saturated heterocycles. The van der Waals surface area contributed by atoms with Crippen LogP contribution in [0.5, 0.6) is 0 Å². The number of aryl methyl sites for hydroxylation is 2. The Balaban J connectivity index is 2.15. The van der Waals surface area contributed by atoms with E-state index in [0.29, 0.717) is 19.4 Å². The average molecular weight is 425 g/mol. The van der Waals surface area contributed by atoms with Crippen LogP contribution in [0.3, 0.4) is 0 Å². The van der Waals surface area contributed by atoms with Crippen molar-refractivity contribution in [3.05, 3.63) is 63.8 Å². The number of hydrogen-bond donors (Lipinski definition) is 1. The van der Waals surface area contributed by atoms with E-state index in [1.807, 2.05) is 31.2 Å². The third kappa shape index (κ3) is 4.04. The molecule has 1 heterocycles. The zero-order valence-electron chi connectivity index (χ0n) is 14.6. The Morgan fingerprint density at radius 3 is 2.52 bits per heavy atom. The van der Waals surface area contributed by atoms with Crippen LogP contribution >= 0.6 is 23.2 Å². The van der Waals surface area contributed by atoms with Gasteiger partial charge >= 0.3 is 0 Å². The second-order valence-electron chi connectivity index (χ2n) is 6.03. The molecule has 0 atom stereocenters. The number of rotatable bonds is 6. The zero-order chi connectivity index (χ0) is 19.6. The average Bonchev–Trinajstić information content (AvgIpc) is 3.07. The molecule has 27 heavy (non-hydrogen) atoms. The van der Waals surface area contributed by atoms with Gasteiger partial charge in [-0.25, -0.2) is 8.42 Å². The van der Waals surface area contributed by atoms with Gasteiger partial charge in [-0.1, -0.05) is 41.4 Å². The smallest absolute Gasteiger partial charge is 0.227 e. The normalized spacial score (nSPS) is 11.7. The highest BCUT2D eigenvalue weighted by atomic mass is 35.5. The van der Waals surface area contributed by atoms with Gasteiger partial charge in [-0.2, -0.15) is 4.98 Å². The molecular weight excluding hydrogens is 407 g/mol. The van der Waals surface area contributed by atoms with E-state index in [2.05, 4.69) is 4.98 Å². The number of benzene rings is 2. The standard InChI is InChI=1S/C19H18Cl2N2O3S/c1-12-5-2-3-6-14(12)18-23-19(17(26-18)7-4-10-22)27(24,25)13-8-9-15(20)16(21)11-13/h2-3,5-6,8-9,11H,4,7,10,22H2,1H3. The molecule has 0 saturated carbocycles. The van der Waals surface area contributed by atoms with Gasteiger partial charge < -0.3 is 10.2 Å². The molecule has 3 aromatic rings. The van der Waals surface area contributed by atoms with Crippen molar-refractivity contribution < 1.29 is 12.8 Å². The summed E-state index contributed by atoms with van der Waals surface area (Å²) < 4.78 is 32.2. The molecule has 0 aliphatic carbocycles. The van der Waals surface area contributed by atoms with Gasteiger partial charge in [0.2, 0.25) is 20.8 Å². The van der Waals surface area contributed by atoms with Gasteiger partial charge in [0.15, 0.2) is 0 Å². The van der Waals surface area contributed by atoms with Crippen LogP contribution in [-0.4, -0.2) is 19.9 Å². The predicted octanol–water partition coefficient (Wildman–Crippen LogP) is 4.68. The van der Waals surface area contributed by atoms with Crippen molar-refractivity contribution in [2.45, 2.75) is 29.7 Å². The van der Waals surface area contributed by atoms with E-state index in [0.717, 1.165) is 11.1 Å². The summed E-state index contributed by atoms with van der Waals surface area (Å²) in [4.78, 5) is 4.33. The summed E-state index contributed by atoms with van der Waals surface area (Å²) in [5.41, 5.74) is 7.25. The Hall–Kier alpha value is -1.86. The molecule has 0 fully saturated rings. The molecule has 2 N–H and O–H groups in total. The van der Waals surface area contributed by atoms with E-state index >= 15 is 0 Å². The number of nitrogens with two attached hydrogens (primary N) is 1. The number of aromatic nitrogens is 1. The SMILES string of the molecule is Cc1ccccc1-c1nc(S(=O)(=O)c2ccc(Cl)c(Cl)c2)c(CCCN)o1. The summed E-state index contributed by atoms with van der Waals surface area (Å²) in [7, 11) is -3.93. The summed E-state index contributed by atoms with van der Waals surface area (Å²) in [6.07, 6.45) is 0.942. The molecule has 0 radical (unpaired) electrons. The van der Waals surface area contributed by atoms with Gasteiger partial charge in [0, 0.05) is 12.0 Å². The minimum atomic E-state index is -3.93. The second kappa shape index (κ2) is 8.02. The molecule has 8 heteroatoms. The molecule has 1 aromatic heterocycles. The van der Waals surface area contributed by atoms with E-state index in [9.17, 15) is 8.42 Å². The number of nitrogens with zero attached hydrogens (tertiary/aromatic N) is 1. The van der Waals surface area contributed by atoms with Gasteiger partial charge in [-0.05, 0) is 49.7 Å². The largest absolute Gasteiger partial charge is 0.440 e. The van der Waals surface area contributed by atoms with Crippen molar-refractivity contribution >= 4 is 33.0 Å². The highest BCUT2D eigenvalue weighted by Gasteiger charge is 2.28. The van der Waals surface area contributed by atoms with Crippen molar-refractivity contribution in [3.63, 3.8) is 0 Å². The van der Waals surface area contributed by atoms with Crippen molar-refractivity contribution in [3.8, 4) is 11.5 Å². The quantitative estimate of drug-likeness (QED) is 0.620. The lowest BCUT2D eigenvalue weighted by atomic mass is 10.1. The fraction of sp³-hybridized carbons (Fsp3) is 0.211. The van der Waals surface area contributed by atoms with Gasteiger partial charge in [-0.3, -0.25) is 0 Å². The number of hydrogen-bond acceptors (Lipinski definition) is 5. The molecule has 0 unspecified atom stereocenters. The minimum absolute atomic E-state index is 0.00975. The summed E-state index contributed by atoms with van der Waals surface area (Å²) >= 11 is 11.9. The lowest BCUT2D eigenvalue weighted by Gasteiger charge is -2.04. The molecule has 0 spiro atoms. The van der Waals surface area contributed by atoms with E-state index in [4.69, 9.17) is 33.4 Å². The van der Waals surface area contributed by atoms with Gasteiger partial charge in [0.05, 0.1) is 14.9 Å². The molecule has 5 nitrogen and oxygen atoms in total. The third-order valence-corrected chi connectivity index (χ3v) is 6.54. The number of oxazole rings is 1. The highest BCUT2D eigenvalue weighted by molar-refractivity contribution is 7.91. The number of halogens is 2. The van der Waals surface area contributed by atoms with Crippen LogP contribution in [-0.2, 0) is 16.3 Å². The van der Waals surface area contributed by atoms with Crippen LogP contribution in [0.1, 0.15) is 17.7 Å². The summed E-state index contributed by atoms with van der Waals surface area (Å²) in [5.74, 6) is 0.545. The highest BCUT2D eigenvalue weighted by Crippen LogP contribution is 2.33. The fourth-order valence-corrected chi connectivity index (χ4v) is 4.40. The van der Waals surface area contributed by atoms with E-state index in [1.165, 1.54) is 18.2 Å². The minimum Gasteiger partial charge on any atom is -0.440 e. The van der Waals surface area contributed by atoms with Crippen molar-refractivity contribution in [1.29, 1.82) is 0 Å². The van der Waals surface area contributed by atoms with E-state index < -0.39 is 9.84 Å². The van der Waals surface area contributed by atoms with Gasteiger partial charge in [0.25, 0.3) is 0 Å². The molecule has 0 aliphatic rings. The van der Waals surface area contributed by atoms with Gasteiger partial charge in [-0.15, -0.1) is 0 Å². The predicted molar refractivity (Wildman–Crippen MR) is 106 cm³/mol. The molecule has 0 aliphatic heterocycles. The Morgan fingerprint density at radius 2 is 1.85 bits per heavy atom. The maximum atomic E-state index is 13.2. The molecule has 0 amide bonds. The van der Waals surface area contributed by atoms with E-state index in [-0.39, 0.29) is 31.6 Å². The first kappa shape index (κ1) is 19.9. The summed E-state index contributed by atoms with van der Waals surface area (Å²) in [6, 6.07) is 11.6. The number of sulfone groups is 1. The van der Waals surface area contributed by atoms with Crippen LogP contribution in [0.4, 0.5) is 0 Å². The maximum Gasteiger partial charge on any atom is 0.227 e. The maximum absolute atomic E-state index is 13.2. The zero-order valence-corrected chi connectivity index (χ0v) is 16.9. The van der Waals surface area contributed by atoms with Crippen LogP contribution in [0.25, 0.3) is 11.5 Å². The van der Waals surface area contributed by atoms with Crippen LogP contribution in [0.2, 0.25) is 10.0 Å². The van der Waals surface area contributed by atoms with Crippen LogP contribution in [0.15, 0.2) is 56.8 Å². The first-order valence-electron chi connectivity index (χ1n) is 8.30. The topological polar surface area (TPSA) is 86.2 Å². The van der Waals surface area contributed by atoms with Crippen LogP contribution in [0, 0.1) is 6.92 Å². The monoisotopic (exact) mass is 424 g/mol. The van der Waals surface area contributed by atoms with Gasteiger partial charge in [0.1, 0.15) is 5.76 Å². The lowest BCUT2D eigenvalue weighted by Crippen LogP contribution is -2.07. The Labute approximate surface area is 168 Å². The van der Waals surface area contributed by atoms with Crippen molar-refractivity contribution in [1.82, 2.24) is 4.98 Å². The molecule has 0 bridgehead atoms. The molecular formula is C19H18Cl2N2O3S. The van der Waals surface area contributed by atoms with Crippen molar-refractivity contribution in [2.24, 2.45) is 5.73 Å². The summed E-state index contributed by atoms with van der Waals surface area (Å²) in [5, 5.41) is 0.316. The molecule has 3 rings (SSSR count). The van der Waals surface area contributed by atoms with Crippen LogP contribution < -0.4 is 5.73 Å². The first-order chi connectivity index (χ1) is 12.8. The molecule has 142 valence electrons. The van der Waals surface area contributed by atoms with Crippen molar-refractivity contribution in [2.75, 3.05) is 6.54 Å². The second-order valence-corrected chi connectivity index (χ2v) is 8.71. The first-order valence-corrected chi connectivity index (χ1v) is 10.5. The Bertz CT molecular complexity index is 1080. The third-order valence-electron chi connectivity index (χ3n) is 4.10.